The average Bonchev–Trinajstić information content (AvgIpc) is 3.32. The highest BCUT2D eigenvalue weighted by Gasteiger charge is 2.44. The van der Waals surface area contributed by atoms with Crippen LogP contribution in [0.1, 0.15) is 34.3 Å². The van der Waals surface area contributed by atoms with Crippen LogP contribution in [0.2, 0.25) is 0 Å². The van der Waals surface area contributed by atoms with Crippen molar-refractivity contribution in [3.05, 3.63) is 70.5 Å². The Morgan fingerprint density at radius 3 is 2.59 bits per heavy atom. The number of nitrogens with zero attached hydrogens (tertiary/aromatic N) is 2. The van der Waals surface area contributed by atoms with Crippen LogP contribution in [-0.4, -0.2) is 53.3 Å². The van der Waals surface area contributed by atoms with E-state index in [4.69, 9.17) is 5.73 Å². The van der Waals surface area contributed by atoms with Crippen molar-refractivity contribution in [1.82, 2.24) is 9.80 Å². The first-order valence-electron chi connectivity index (χ1n) is 10.8. The molecule has 0 aromatic heterocycles. The molecule has 0 aliphatic carbocycles. The predicted molar refractivity (Wildman–Crippen MR) is 113 cm³/mol. The zero-order chi connectivity index (χ0) is 23.0. The van der Waals surface area contributed by atoms with E-state index in [1.54, 1.807) is 15.9 Å². The van der Waals surface area contributed by atoms with Crippen LogP contribution in [0.3, 0.4) is 0 Å². The summed E-state index contributed by atoms with van der Waals surface area (Å²) in [5, 5.41) is 0. The van der Waals surface area contributed by atoms with Crippen LogP contribution in [0.5, 0.6) is 0 Å². The number of nitrogens with two attached hydrogens (primary N) is 1. The summed E-state index contributed by atoms with van der Waals surface area (Å²) in [6.07, 6.45) is 0.698. The van der Waals surface area contributed by atoms with E-state index in [0.29, 0.717) is 31.3 Å². The van der Waals surface area contributed by atoms with E-state index in [1.807, 2.05) is 25.1 Å². The summed E-state index contributed by atoms with van der Waals surface area (Å²) in [6, 6.07) is 7.92. The number of likely N-dealkylation sites (tertiary alicyclic amines) is 2. The molecule has 2 aromatic carbocycles. The lowest BCUT2D eigenvalue weighted by atomic mass is 10.0. The lowest BCUT2D eigenvalue weighted by Gasteiger charge is -2.26. The molecule has 32 heavy (non-hydrogen) atoms. The van der Waals surface area contributed by atoms with Crippen molar-refractivity contribution in [2.24, 2.45) is 11.7 Å². The fourth-order valence-electron chi connectivity index (χ4n) is 4.81. The van der Waals surface area contributed by atoms with Crippen molar-refractivity contribution in [1.29, 1.82) is 0 Å². The number of aryl methyl sites for hydroxylation is 1. The molecule has 0 unspecified atom stereocenters. The van der Waals surface area contributed by atoms with Crippen molar-refractivity contribution in [2.45, 2.75) is 38.3 Å². The maximum atomic E-state index is 13.9. The number of hydrogen-bond donors (Lipinski definition) is 1. The molecule has 0 radical (unpaired) electrons. The molecule has 2 aliphatic heterocycles. The Balaban J connectivity index is 1.37. The van der Waals surface area contributed by atoms with Crippen molar-refractivity contribution >= 4 is 11.8 Å². The number of rotatable bonds is 5. The first-order valence-corrected chi connectivity index (χ1v) is 10.8. The minimum Gasteiger partial charge on any atom is -0.338 e. The molecule has 2 aromatic rings. The summed E-state index contributed by atoms with van der Waals surface area (Å²) in [7, 11) is 0. The van der Waals surface area contributed by atoms with Crippen molar-refractivity contribution < 1.29 is 22.8 Å². The number of benzene rings is 2. The van der Waals surface area contributed by atoms with Gasteiger partial charge >= 0.3 is 0 Å². The fourth-order valence-corrected chi connectivity index (χ4v) is 4.81. The molecule has 2 fully saturated rings. The van der Waals surface area contributed by atoms with Crippen LogP contribution in [0.15, 0.2) is 36.4 Å². The highest BCUT2D eigenvalue weighted by Crippen LogP contribution is 2.33. The Kier molecular flexibility index (Phi) is 6.24. The van der Waals surface area contributed by atoms with Gasteiger partial charge in [0.1, 0.15) is 5.82 Å². The lowest BCUT2D eigenvalue weighted by Crippen LogP contribution is -2.43. The molecule has 2 amide bonds. The minimum absolute atomic E-state index is 0.0342. The Morgan fingerprint density at radius 1 is 1.09 bits per heavy atom. The molecular weight excluding hydrogens is 419 g/mol. The second-order valence-corrected chi connectivity index (χ2v) is 8.81. The Hall–Kier alpha value is -2.87. The molecule has 5 nitrogen and oxygen atoms in total. The zero-order valence-corrected chi connectivity index (χ0v) is 17.9. The van der Waals surface area contributed by atoms with Gasteiger partial charge in [-0.1, -0.05) is 17.7 Å². The molecule has 2 heterocycles. The summed E-state index contributed by atoms with van der Waals surface area (Å²) in [5.41, 5.74) is 7.63. The molecule has 170 valence electrons. The third-order valence-electron chi connectivity index (χ3n) is 6.43. The fraction of sp³-hybridized carbons (Fsp3) is 0.417. The zero-order valence-electron chi connectivity index (χ0n) is 17.9. The molecule has 0 bridgehead atoms. The van der Waals surface area contributed by atoms with Gasteiger partial charge < -0.3 is 15.5 Å². The van der Waals surface area contributed by atoms with Crippen molar-refractivity contribution in [2.75, 3.05) is 19.6 Å². The number of hydrogen-bond acceptors (Lipinski definition) is 3. The molecule has 8 heteroatoms. The number of amides is 2. The summed E-state index contributed by atoms with van der Waals surface area (Å²) >= 11 is 0. The Labute approximate surface area is 185 Å². The van der Waals surface area contributed by atoms with Crippen LogP contribution < -0.4 is 5.73 Å². The van der Waals surface area contributed by atoms with Gasteiger partial charge in [-0.25, -0.2) is 13.2 Å². The highest BCUT2D eigenvalue weighted by molar-refractivity contribution is 5.94. The van der Waals surface area contributed by atoms with Crippen LogP contribution in [0.25, 0.3) is 0 Å². The molecule has 2 N–H and O–H groups in total. The second kappa shape index (κ2) is 8.94. The third-order valence-corrected chi connectivity index (χ3v) is 6.43. The quantitative estimate of drug-likeness (QED) is 0.720. The number of carbonyl (C=O) groups excluding carboxylic acids is 2. The van der Waals surface area contributed by atoms with E-state index in [-0.39, 0.29) is 42.2 Å². The van der Waals surface area contributed by atoms with E-state index in [2.05, 4.69) is 0 Å². The SMILES string of the molecule is Cc1cccc(C(=O)N2C[C@@H]3CCN(C(=O)C[C@H](N)Cc4cc(F)c(F)cc4F)[C@@H]3C2)c1. The second-order valence-electron chi connectivity index (χ2n) is 8.81. The van der Waals surface area contributed by atoms with Gasteiger partial charge in [-0.15, -0.1) is 0 Å². The molecule has 2 aliphatic rings. The molecule has 0 saturated carbocycles. The summed E-state index contributed by atoms with van der Waals surface area (Å²) in [4.78, 5) is 29.3. The third kappa shape index (κ3) is 4.50. The van der Waals surface area contributed by atoms with Gasteiger partial charge in [-0.2, -0.15) is 0 Å². The van der Waals surface area contributed by atoms with Crippen molar-refractivity contribution in [3.63, 3.8) is 0 Å². The predicted octanol–water partition coefficient (Wildman–Crippen LogP) is 3.05. The Bertz CT molecular complexity index is 1050. The van der Waals surface area contributed by atoms with E-state index >= 15 is 0 Å². The van der Waals surface area contributed by atoms with Crippen LogP contribution in [-0.2, 0) is 11.2 Å². The van der Waals surface area contributed by atoms with E-state index in [0.717, 1.165) is 18.1 Å². The number of carbonyl (C=O) groups is 2. The average molecular weight is 445 g/mol. The van der Waals surface area contributed by atoms with Gasteiger partial charge in [0.15, 0.2) is 11.6 Å². The van der Waals surface area contributed by atoms with Gasteiger partial charge in [0.2, 0.25) is 5.91 Å². The molecule has 4 rings (SSSR count). The monoisotopic (exact) mass is 445 g/mol. The van der Waals surface area contributed by atoms with Gasteiger partial charge in [0.25, 0.3) is 5.91 Å². The molecule has 3 atom stereocenters. The summed E-state index contributed by atoms with van der Waals surface area (Å²) in [6.45, 7) is 3.60. The molecule has 0 spiro atoms. The normalized spacial score (nSPS) is 21.0. The number of halogens is 3. The topological polar surface area (TPSA) is 66.6 Å². The lowest BCUT2D eigenvalue weighted by molar-refractivity contribution is -0.132. The maximum absolute atomic E-state index is 13.9. The first-order chi connectivity index (χ1) is 15.2. The van der Waals surface area contributed by atoms with Crippen LogP contribution in [0.4, 0.5) is 13.2 Å². The van der Waals surface area contributed by atoms with Crippen LogP contribution in [0, 0.1) is 30.3 Å². The van der Waals surface area contributed by atoms with Gasteiger partial charge in [0, 0.05) is 49.6 Å². The highest BCUT2D eigenvalue weighted by atomic mass is 19.2. The smallest absolute Gasteiger partial charge is 0.253 e. The maximum Gasteiger partial charge on any atom is 0.253 e. The first kappa shape index (κ1) is 22.3. The van der Waals surface area contributed by atoms with Gasteiger partial charge in [-0.3, -0.25) is 9.59 Å². The van der Waals surface area contributed by atoms with E-state index in [1.165, 1.54) is 0 Å². The minimum atomic E-state index is -1.26. The van der Waals surface area contributed by atoms with Crippen LogP contribution >= 0.6 is 0 Å². The Morgan fingerprint density at radius 2 is 1.84 bits per heavy atom. The molecular formula is C24H26F3N3O2. The van der Waals surface area contributed by atoms with E-state index in [9.17, 15) is 22.8 Å². The summed E-state index contributed by atoms with van der Waals surface area (Å²) in [5.74, 6) is -3.28. The summed E-state index contributed by atoms with van der Waals surface area (Å²) < 4.78 is 40.4. The van der Waals surface area contributed by atoms with Crippen molar-refractivity contribution in [3.8, 4) is 0 Å². The molecule has 2 saturated heterocycles. The van der Waals surface area contributed by atoms with Gasteiger partial charge in [0.05, 0.1) is 6.04 Å². The number of fused-ring (bicyclic) bond motifs is 1. The van der Waals surface area contributed by atoms with Gasteiger partial charge in [-0.05, 0) is 43.5 Å². The standard InChI is InChI=1S/C24H26F3N3O2/c1-14-3-2-4-15(7-14)24(32)29-12-16-5-6-30(22(16)13-29)23(31)10-18(28)8-17-9-20(26)21(27)11-19(17)25/h2-4,7,9,11,16,18,22H,5-6,8,10,12-13,28H2,1H3/t16-,18+,22+/m0/s1. The van der Waals surface area contributed by atoms with E-state index < -0.39 is 23.5 Å². The largest absolute Gasteiger partial charge is 0.338 e.